The fourth-order valence-electron chi connectivity index (χ4n) is 2.03. The molecule has 2 aromatic rings. The molecule has 2 rings (SSSR count). The number of alkyl halides is 6. The Morgan fingerprint density at radius 3 is 2.08 bits per heavy atom. The molecule has 0 fully saturated rings. The Morgan fingerprint density at radius 2 is 1.69 bits per heavy atom. The first kappa shape index (κ1) is 21.7. The average Bonchev–Trinajstić information content (AvgIpc) is 3.00. The van der Waals surface area contributed by atoms with Crippen molar-refractivity contribution in [3.63, 3.8) is 0 Å². The van der Waals surface area contributed by atoms with Gasteiger partial charge in [0.1, 0.15) is 9.88 Å². The fourth-order valence-corrected chi connectivity index (χ4v) is 2.93. The number of nitrogens with two attached hydrogens (primary N) is 1. The standard InChI is InChI=1S/C13H8F6N2O2S.C2H6/c1-4-8(10-21-3-7(24-10)13(17,18)19)6(12(14,15)16)2-5(9(4)20)11(22)23;1-2/h2-3H,20H2,1H3,(H,22,23);1-2H3. The number of anilines is 1. The van der Waals surface area contributed by atoms with Gasteiger partial charge in [0.2, 0.25) is 0 Å². The maximum absolute atomic E-state index is 13.3. The van der Waals surface area contributed by atoms with Crippen molar-refractivity contribution in [2.75, 3.05) is 5.73 Å². The third kappa shape index (κ3) is 4.26. The maximum Gasteiger partial charge on any atom is 0.427 e. The van der Waals surface area contributed by atoms with Crippen molar-refractivity contribution in [1.82, 2.24) is 4.98 Å². The number of thiazole rings is 1. The van der Waals surface area contributed by atoms with Gasteiger partial charge in [-0.15, -0.1) is 11.3 Å². The lowest BCUT2D eigenvalue weighted by Gasteiger charge is -2.17. The molecule has 0 spiro atoms. The molecule has 0 aliphatic rings. The largest absolute Gasteiger partial charge is 0.478 e. The number of halogens is 6. The minimum atomic E-state index is -5.00. The summed E-state index contributed by atoms with van der Waals surface area (Å²) in [5, 5.41) is 8.40. The summed E-state index contributed by atoms with van der Waals surface area (Å²) in [6.45, 7) is 5.10. The number of hydrogen-bond acceptors (Lipinski definition) is 4. The highest BCUT2D eigenvalue weighted by Gasteiger charge is 2.39. The minimum absolute atomic E-state index is 0.0212. The summed E-state index contributed by atoms with van der Waals surface area (Å²) < 4.78 is 77.7. The average molecular weight is 400 g/mol. The number of nitrogens with zero attached hydrogens (tertiary/aromatic N) is 1. The van der Waals surface area contributed by atoms with Crippen LogP contribution in [-0.2, 0) is 12.4 Å². The number of rotatable bonds is 2. The number of carboxylic acid groups (broad SMARTS) is 1. The van der Waals surface area contributed by atoms with Gasteiger partial charge in [0.25, 0.3) is 0 Å². The predicted octanol–water partition coefficient (Wildman–Crippen LogP) is 5.46. The molecule has 0 unspecified atom stereocenters. The van der Waals surface area contributed by atoms with Crippen LogP contribution in [0.15, 0.2) is 12.3 Å². The Kier molecular flexibility index (Phi) is 6.29. The summed E-state index contributed by atoms with van der Waals surface area (Å²) in [5.74, 6) is -1.68. The van der Waals surface area contributed by atoms with Crippen LogP contribution in [0.2, 0.25) is 0 Å². The third-order valence-corrected chi connectivity index (χ3v) is 4.22. The molecule has 0 atom stereocenters. The molecule has 3 N–H and O–H groups in total. The van der Waals surface area contributed by atoms with Crippen LogP contribution in [0, 0.1) is 6.92 Å². The molecule has 4 nitrogen and oxygen atoms in total. The van der Waals surface area contributed by atoms with Gasteiger partial charge in [-0.05, 0) is 18.6 Å². The van der Waals surface area contributed by atoms with Gasteiger partial charge in [-0.2, -0.15) is 26.3 Å². The molecule has 0 saturated carbocycles. The van der Waals surface area contributed by atoms with Crippen molar-refractivity contribution in [2.24, 2.45) is 0 Å². The lowest BCUT2D eigenvalue weighted by atomic mass is 9.96. The Bertz CT molecular complexity index is 812. The Hall–Kier alpha value is -2.30. The molecule has 1 aromatic heterocycles. The number of nitrogen functional groups attached to an aromatic ring is 1. The molecule has 144 valence electrons. The molecule has 26 heavy (non-hydrogen) atoms. The second-order valence-corrected chi connectivity index (χ2v) is 5.75. The second kappa shape index (κ2) is 7.52. The molecule has 0 aliphatic carbocycles. The highest BCUT2D eigenvalue weighted by Crippen LogP contribution is 2.45. The summed E-state index contributed by atoms with van der Waals surface area (Å²) >= 11 is 0.0212. The van der Waals surface area contributed by atoms with E-state index >= 15 is 0 Å². The minimum Gasteiger partial charge on any atom is -0.478 e. The van der Waals surface area contributed by atoms with E-state index in [2.05, 4.69) is 4.98 Å². The molecule has 0 bridgehead atoms. The summed E-state index contributed by atoms with van der Waals surface area (Å²) in [5.41, 5.74) is 1.92. The molecule has 1 heterocycles. The molecular weight excluding hydrogens is 386 g/mol. The van der Waals surface area contributed by atoms with Gasteiger partial charge in [-0.1, -0.05) is 13.8 Å². The molecular formula is C15H14F6N2O2S. The number of benzene rings is 1. The SMILES string of the molecule is CC.Cc1c(N)c(C(=O)O)cc(C(F)(F)F)c1-c1ncc(C(F)(F)F)s1. The quantitative estimate of drug-likeness (QED) is 0.518. The normalized spacial score (nSPS) is 11.7. The van der Waals surface area contributed by atoms with Crippen molar-refractivity contribution in [2.45, 2.75) is 33.1 Å². The van der Waals surface area contributed by atoms with Gasteiger partial charge in [0, 0.05) is 11.3 Å². The van der Waals surface area contributed by atoms with Crippen LogP contribution < -0.4 is 5.73 Å². The number of aromatic nitrogens is 1. The summed E-state index contributed by atoms with van der Waals surface area (Å²) in [7, 11) is 0. The van der Waals surface area contributed by atoms with E-state index in [0.717, 1.165) is 6.92 Å². The van der Waals surface area contributed by atoms with Gasteiger partial charge >= 0.3 is 18.3 Å². The van der Waals surface area contributed by atoms with Gasteiger partial charge in [0.15, 0.2) is 0 Å². The summed E-state index contributed by atoms with van der Waals surface area (Å²) in [6.07, 6.45) is -9.34. The first-order valence-electron chi connectivity index (χ1n) is 7.11. The van der Waals surface area contributed by atoms with Gasteiger partial charge in [-0.3, -0.25) is 0 Å². The van der Waals surface area contributed by atoms with E-state index in [4.69, 9.17) is 10.8 Å². The topological polar surface area (TPSA) is 76.2 Å². The number of carbonyl (C=O) groups is 1. The Morgan fingerprint density at radius 1 is 1.15 bits per heavy atom. The number of aromatic carboxylic acids is 1. The smallest absolute Gasteiger partial charge is 0.427 e. The Balaban J connectivity index is 0.00000163. The van der Waals surface area contributed by atoms with Crippen molar-refractivity contribution in [1.29, 1.82) is 0 Å². The van der Waals surface area contributed by atoms with Crippen LogP contribution in [0.3, 0.4) is 0 Å². The van der Waals surface area contributed by atoms with Crippen LogP contribution in [0.5, 0.6) is 0 Å². The number of hydrogen-bond donors (Lipinski definition) is 2. The number of carboxylic acids is 1. The lowest BCUT2D eigenvalue weighted by Crippen LogP contribution is -2.14. The summed E-state index contributed by atoms with van der Waals surface area (Å²) in [6, 6.07) is 0.300. The van der Waals surface area contributed by atoms with Crippen LogP contribution in [-0.4, -0.2) is 16.1 Å². The van der Waals surface area contributed by atoms with Crippen LogP contribution in [0.1, 0.15) is 40.2 Å². The van der Waals surface area contributed by atoms with Crippen molar-refractivity contribution < 1.29 is 36.2 Å². The van der Waals surface area contributed by atoms with Crippen molar-refractivity contribution >= 4 is 23.0 Å². The zero-order valence-electron chi connectivity index (χ0n) is 13.7. The van der Waals surface area contributed by atoms with Crippen molar-refractivity contribution in [3.05, 3.63) is 33.8 Å². The second-order valence-electron chi connectivity index (χ2n) is 4.72. The van der Waals surface area contributed by atoms with E-state index in [9.17, 15) is 31.1 Å². The maximum atomic E-state index is 13.3. The van der Waals surface area contributed by atoms with E-state index in [1.54, 1.807) is 0 Å². The van der Waals surface area contributed by atoms with Crippen LogP contribution >= 0.6 is 11.3 Å². The highest BCUT2D eigenvalue weighted by molar-refractivity contribution is 7.15. The first-order valence-corrected chi connectivity index (χ1v) is 7.92. The van der Waals surface area contributed by atoms with E-state index < -0.39 is 50.6 Å². The third-order valence-electron chi connectivity index (χ3n) is 3.16. The molecule has 0 saturated heterocycles. The fraction of sp³-hybridized carbons (Fsp3) is 0.333. The van der Waals surface area contributed by atoms with E-state index in [0.29, 0.717) is 12.3 Å². The summed E-state index contributed by atoms with van der Waals surface area (Å²) in [4.78, 5) is 13.3. The predicted molar refractivity (Wildman–Crippen MR) is 85.0 cm³/mol. The molecule has 0 amide bonds. The van der Waals surface area contributed by atoms with Gasteiger partial charge in [-0.25, -0.2) is 9.78 Å². The van der Waals surface area contributed by atoms with E-state index in [-0.39, 0.29) is 16.9 Å². The van der Waals surface area contributed by atoms with Gasteiger partial charge < -0.3 is 10.8 Å². The lowest BCUT2D eigenvalue weighted by molar-refractivity contribution is -0.137. The molecule has 0 radical (unpaired) electrons. The van der Waals surface area contributed by atoms with E-state index in [1.807, 2.05) is 13.8 Å². The Labute approximate surface area is 148 Å². The first-order chi connectivity index (χ1) is 11.8. The monoisotopic (exact) mass is 400 g/mol. The van der Waals surface area contributed by atoms with Crippen LogP contribution in [0.4, 0.5) is 32.0 Å². The van der Waals surface area contributed by atoms with E-state index in [1.165, 1.54) is 0 Å². The molecule has 11 heteroatoms. The molecule has 0 aliphatic heterocycles. The van der Waals surface area contributed by atoms with Gasteiger partial charge in [0.05, 0.1) is 17.3 Å². The van der Waals surface area contributed by atoms with Crippen LogP contribution in [0.25, 0.3) is 10.6 Å². The molecule has 1 aromatic carbocycles. The highest BCUT2D eigenvalue weighted by atomic mass is 32.1. The zero-order valence-corrected chi connectivity index (χ0v) is 14.5. The zero-order chi connectivity index (χ0) is 20.4. The van der Waals surface area contributed by atoms with Crippen molar-refractivity contribution in [3.8, 4) is 10.6 Å².